The van der Waals surface area contributed by atoms with E-state index in [1.54, 1.807) is 49.0 Å². The fourth-order valence-corrected chi connectivity index (χ4v) is 4.39. The number of nitrogens with two attached hydrogens (primary N) is 1. The third-order valence-corrected chi connectivity index (χ3v) is 6.25. The molecule has 1 amide bonds. The van der Waals surface area contributed by atoms with Crippen LogP contribution in [-0.4, -0.2) is 26.2 Å². The first kappa shape index (κ1) is 22.4. The molecule has 0 radical (unpaired) electrons. The minimum atomic E-state index is -0.679. The molecule has 0 spiro atoms. The number of aliphatic imine (C=N–C) groups is 1. The number of benzene rings is 2. The Morgan fingerprint density at radius 2 is 1.91 bits per heavy atom. The maximum absolute atomic E-state index is 15.1. The summed E-state index contributed by atoms with van der Waals surface area (Å²) >= 11 is 0. The molecule has 0 bridgehead atoms. The Morgan fingerprint density at radius 1 is 1.17 bits per heavy atom. The summed E-state index contributed by atoms with van der Waals surface area (Å²) in [4.78, 5) is 30.5. The molecule has 5 rings (SSSR count). The van der Waals surface area contributed by atoms with Crippen LogP contribution in [0.15, 0.2) is 64.5 Å². The monoisotopic (exact) mass is 473 g/mol. The molecule has 1 unspecified atom stereocenters. The number of para-hydroxylation sites is 1. The third-order valence-electron chi connectivity index (χ3n) is 6.25. The van der Waals surface area contributed by atoms with Crippen molar-refractivity contribution in [1.82, 2.24) is 19.2 Å². The van der Waals surface area contributed by atoms with Gasteiger partial charge in [-0.25, -0.2) is 14.1 Å². The van der Waals surface area contributed by atoms with Crippen LogP contribution in [0.3, 0.4) is 0 Å². The van der Waals surface area contributed by atoms with Gasteiger partial charge in [-0.15, -0.1) is 0 Å². The molecule has 35 heavy (non-hydrogen) atoms. The number of amides is 1. The normalized spacial score (nSPS) is 14.5. The SMILES string of the molecule is Cc1c(C(=O)Nc2ccc(-c3cn(C)c4c3C(N)NC=N4)cc2F)c(=O)n(-c2ccccc2)n1C. The maximum atomic E-state index is 15.1. The molecule has 0 saturated heterocycles. The molecule has 3 heterocycles. The van der Waals surface area contributed by atoms with Gasteiger partial charge in [0.15, 0.2) is 0 Å². The first-order chi connectivity index (χ1) is 16.8. The summed E-state index contributed by atoms with van der Waals surface area (Å²) in [6.07, 6.45) is 2.89. The Labute approximate surface area is 200 Å². The van der Waals surface area contributed by atoms with E-state index in [0.717, 1.165) is 11.1 Å². The topological polar surface area (TPSA) is 111 Å². The van der Waals surface area contributed by atoms with Gasteiger partial charge in [0, 0.05) is 31.4 Å². The van der Waals surface area contributed by atoms with E-state index in [9.17, 15) is 9.59 Å². The highest BCUT2D eigenvalue weighted by molar-refractivity contribution is 6.05. The standard InChI is InChI=1S/C25H24FN7O2/c1-14-20(25(35)33(32(14)3)16-7-5-4-6-8-16)24(34)30-19-10-9-15(11-18(19)26)17-12-31(2)23-21(17)22(27)28-13-29-23/h4-13,22H,27H2,1-3H3,(H,28,29)(H,30,34). The van der Waals surface area contributed by atoms with Crippen molar-refractivity contribution in [2.45, 2.75) is 13.1 Å². The lowest BCUT2D eigenvalue weighted by atomic mass is 10.0. The van der Waals surface area contributed by atoms with E-state index in [1.807, 2.05) is 23.9 Å². The highest BCUT2D eigenvalue weighted by Gasteiger charge is 2.25. The van der Waals surface area contributed by atoms with Crippen molar-refractivity contribution in [3.63, 3.8) is 0 Å². The van der Waals surface area contributed by atoms with Crippen LogP contribution >= 0.6 is 0 Å². The lowest BCUT2D eigenvalue weighted by molar-refractivity contribution is 0.102. The van der Waals surface area contributed by atoms with Gasteiger partial charge in [0.05, 0.1) is 23.4 Å². The first-order valence-electron chi connectivity index (χ1n) is 11.0. The number of anilines is 1. The zero-order valence-electron chi connectivity index (χ0n) is 19.4. The molecule has 0 fully saturated rings. The van der Waals surface area contributed by atoms with Crippen LogP contribution in [0.4, 0.5) is 15.9 Å². The summed E-state index contributed by atoms with van der Waals surface area (Å²) in [5, 5.41) is 5.50. The van der Waals surface area contributed by atoms with Crippen LogP contribution in [0.5, 0.6) is 0 Å². The van der Waals surface area contributed by atoms with Gasteiger partial charge in [-0.05, 0) is 36.8 Å². The van der Waals surface area contributed by atoms with Crippen molar-refractivity contribution in [1.29, 1.82) is 0 Å². The lowest BCUT2D eigenvalue weighted by Gasteiger charge is -2.18. The fourth-order valence-electron chi connectivity index (χ4n) is 4.39. The largest absolute Gasteiger partial charge is 0.357 e. The summed E-state index contributed by atoms with van der Waals surface area (Å²) in [6.45, 7) is 1.67. The third kappa shape index (κ3) is 3.64. The number of carbonyl (C=O) groups is 1. The molecular weight excluding hydrogens is 449 g/mol. The Kier molecular flexibility index (Phi) is 5.37. The van der Waals surface area contributed by atoms with E-state index >= 15 is 4.39 Å². The highest BCUT2D eigenvalue weighted by atomic mass is 19.1. The fraction of sp³-hybridized carbons (Fsp3) is 0.160. The Hall–Kier alpha value is -4.44. The molecule has 1 aliphatic rings. The second kappa shape index (κ2) is 8.41. The maximum Gasteiger partial charge on any atom is 0.284 e. The summed E-state index contributed by atoms with van der Waals surface area (Å²) in [5.41, 5.74) is 8.79. The molecule has 1 aliphatic heterocycles. The Morgan fingerprint density at radius 3 is 2.63 bits per heavy atom. The number of fused-ring (bicyclic) bond motifs is 1. The van der Waals surface area contributed by atoms with Crippen LogP contribution < -0.4 is 21.9 Å². The van der Waals surface area contributed by atoms with Crippen molar-refractivity contribution in [2.75, 3.05) is 5.32 Å². The summed E-state index contributed by atoms with van der Waals surface area (Å²) in [5.74, 6) is -0.619. The van der Waals surface area contributed by atoms with Gasteiger partial charge in [-0.1, -0.05) is 24.3 Å². The van der Waals surface area contributed by atoms with E-state index < -0.39 is 23.4 Å². The number of rotatable bonds is 4. The zero-order chi connectivity index (χ0) is 24.9. The lowest BCUT2D eigenvalue weighted by Crippen LogP contribution is -2.29. The zero-order valence-corrected chi connectivity index (χ0v) is 19.4. The van der Waals surface area contributed by atoms with Crippen molar-refractivity contribution < 1.29 is 9.18 Å². The number of aromatic nitrogens is 3. The molecule has 10 heteroatoms. The van der Waals surface area contributed by atoms with E-state index in [0.29, 0.717) is 22.8 Å². The Balaban J connectivity index is 1.47. The van der Waals surface area contributed by atoms with Gasteiger partial charge < -0.3 is 20.9 Å². The van der Waals surface area contributed by atoms with E-state index in [4.69, 9.17) is 5.73 Å². The molecule has 4 N–H and O–H groups in total. The molecule has 2 aromatic heterocycles. The van der Waals surface area contributed by atoms with Crippen LogP contribution in [0.1, 0.15) is 27.8 Å². The molecule has 2 aromatic carbocycles. The average molecular weight is 474 g/mol. The summed E-state index contributed by atoms with van der Waals surface area (Å²) in [6, 6.07) is 13.5. The molecule has 9 nitrogen and oxygen atoms in total. The summed E-state index contributed by atoms with van der Waals surface area (Å²) < 4.78 is 19.9. The number of hydrogen-bond acceptors (Lipinski definition) is 5. The highest BCUT2D eigenvalue weighted by Crippen LogP contribution is 2.37. The molecule has 0 aliphatic carbocycles. The van der Waals surface area contributed by atoms with E-state index in [1.165, 1.54) is 23.2 Å². The second-order valence-electron chi connectivity index (χ2n) is 8.38. The molecule has 1 atom stereocenters. The molecular formula is C25H24FN7O2. The molecule has 178 valence electrons. The summed E-state index contributed by atoms with van der Waals surface area (Å²) in [7, 11) is 3.53. The quantitative estimate of drug-likeness (QED) is 0.423. The van der Waals surface area contributed by atoms with Crippen LogP contribution in [0, 0.1) is 12.7 Å². The van der Waals surface area contributed by atoms with Gasteiger partial charge >= 0.3 is 0 Å². The number of aryl methyl sites for hydroxylation is 1. The predicted octanol–water partition coefficient (Wildman–Crippen LogP) is 3.10. The molecule has 4 aromatic rings. The van der Waals surface area contributed by atoms with Crippen LogP contribution in [0.2, 0.25) is 0 Å². The first-order valence-corrected chi connectivity index (χ1v) is 11.0. The van der Waals surface area contributed by atoms with Crippen molar-refractivity contribution in [3.05, 3.63) is 87.7 Å². The van der Waals surface area contributed by atoms with Gasteiger partial charge in [-0.3, -0.25) is 14.3 Å². The van der Waals surface area contributed by atoms with Crippen molar-refractivity contribution in [2.24, 2.45) is 24.8 Å². The molecule has 0 saturated carbocycles. The number of carbonyl (C=O) groups excluding carboxylic acids is 1. The smallest absolute Gasteiger partial charge is 0.284 e. The Bertz CT molecular complexity index is 1550. The van der Waals surface area contributed by atoms with Gasteiger partial charge in [0.25, 0.3) is 11.5 Å². The predicted molar refractivity (Wildman–Crippen MR) is 133 cm³/mol. The van der Waals surface area contributed by atoms with Gasteiger partial charge in [0.2, 0.25) is 0 Å². The number of hydrogen-bond donors (Lipinski definition) is 3. The van der Waals surface area contributed by atoms with Crippen LogP contribution in [0.25, 0.3) is 16.8 Å². The van der Waals surface area contributed by atoms with Crippen LogP contribution in [-0.2, 0) is 14.1 Å². The minimum Gasteiger partial charge on any atom is -0.357 e. The van der Waals surface area contributed by atoms with Gasteiger partial charge in [-0.2, -0.15) is 0 Å². The minimum absolute atomic E-state index is 0.0297. The van der Waals surface area contributed by atoms with E-state index in [2.05, 4.69) is 15.6 Å². The number of halogens is 1. The van der Waals surface area contributed by atoms with Crippen molar-refractivity contribution >= 4 is 23.8 Å². The number of nitrogens with one attached hydrogen (secondary N) is 2. The van der Waals surface area contributed by atoms with E-state index in [-0.39, 0.29) is 11.3 Å². The van der Waals surface area contributed by atoms with Crippen molar-refractivity contribution in [3.8, 4) is 16.8 Å². The van der Waals surface area contributed by atoms with Gasteiger partial charge in [0.1, 0.15) is 23.4 Å². The second-order valence-corrected chi connectivity index (χ2v) is 8.38. The average Bonchev–Trinajstić information content (AvgIpc) is 3.29. The number of nitrogens with zero attached hydrogens (tertiary/aromatic N) is 4.